The van der Waals surface area contributed by atoms with Crippen molar-refractivity contribution in [2.24, 2.45) is 0 Å². The topological polar surface area (TPSA) is 38.1 Å². The second kappa shape index (κ2) is 9.00. The van der Waals surface area contributed by atoms with Gasteiger partial charge in [-0.2, -0.15) is 0 Å². The third-order valence-electron chi connectivity index (χ3n) is 5.22. The zero-order valence-electron chi connectivity index (χ0n) is 16.7. The van der Waals surface area contributed by atoms with E-state index in [9.17, 15) is 13.6 Å². The van der Waals surface area contributed by atoms with E-state index in [-0.39, 0.29) is 17.2 Å². The average molecular weight is 428 g/mol. The molecule has 1 unspecified atom stereocenters. The van der Waals surface area contributed by atoms with E-state index in [0.717, 1.165) is 30.5 Å². The van der Waals surface area contributed by atoms with Gasteiger partial charge in [0.15, 0.2) is 0 Å². The van der Waals surface area contributed by atoms with Gasteiger partial charge in [-0.05, 0) is 24.1 Å². The minimum Gasteiger partial charge on any atom is -0.310 e. The predicted molar refractivity (Wildman–Crippen MR) is 116 cm³/mol. The molecule has 0 bridgehead atoms. The van der Waals surface area contributed by atoms with Crippen molar-refractivity contribution < 1.29 is 13.6 Å². The zero-order valence-corrected chi connectivity index (χ0v) is 17.5. The van der Waals surface area contributed by atoms with E-state index in [1.807, 2.05) is 34.9 Å². The number of carbonyl (C=O) groups excluding carboxylic acids is 1. The van der Waals surface area contributed by atoms with E-state index in [0.29, 0.717) is 12.5 Å². The van der Waals surface area contributed by atoms with Crippen LogP contribution in [0.5, 0.6) is 0 Å². The Morgan fingerprint density at radius 1 is 1.07 bits per heavy atom. The first kappa shape index (κ1) is 20.6. The van der Waals surface area contributed by atoms with Crippen LogP contribution in [0.3, 0.4) is 0 Å². The number of carbonyl (C=O) groups is 1. The summed E-state index contributed by atoms with van der Waals surface area (Å²) in [7, 11) is 0. The highest BCUT2D eigenvalue weighted by molar-refractivity contribution is 8.00. The summed E-state index contributed by atoms with van der Waals surface area (Å²) in [4.78, 5) is 18.8. The van der Waals surface area contributed by atoms with Gasteiger partial charge in [-0.15, -0.1) is 11.8 Å². The lowest BCUT2D eigenvalue weighted by atomic mass is 10.1. The first-order valence-corrected chi connectivity index (χ1v) is 11.1. The van der Waals surface area contributed by atoms with Gasteiger partial charge in [-0.3, -0.25) is 9.69 Å². The van der Waals surface area contributed by atoms with Crippen LogP contribution in [-0.2, 0) is 11.3 Å². The molecule has 0 N–H and O–H groups in total. The molecule has 7 heteroatoms. The van der Waals surface area contributed by atoms with E-state index < -0.39 is 17.0 Å². The maximum absolute atomic E-state index is 14.5. The van der Waals surface area contributed by atoms with E-state index >= 15 is 0 Å². The third kappa shape index (κ3) is 3.86. The van der Waals surface area contributed by atoms with Gasteiger partial charge in [0.05, 0.1) is 23.2 Å². The standard InChI is InChI=1S/C23H23F2N3OS/c1-2-3-7-13-27-19(16-9-5-4-6-10-16)14-26-23(27)28-20(29)15-30-22(28)21-17(24)11-8-12-18(21)25/h4-6,8-12,14,22H,2-3,7,13,15H2,1H3. The van der Waals surface area contributed by atoms with E-state index in [1.165, 1.54) is 34.9 Å². The van der Waals surface area contributed by atoms with Gasteiger partial charge in [0, 0.05) is 6.54 Å². The molecular weight excluding hydrogens is 404 g/mol. The van der Waals surface area contributed by atoms with Crippen molar-refractivity contribution >= 4 is 23.6 Å². The number of unbranched alkanes of at least 4 members (excludes halogenated alkanes) is 2. The molecule has 4 nitrogen and oxygen atoms in total. The van der Waals surface area contributed by atoms with Crippen LogP contribution in [0.2, 0.25) is 0 Å². The number of hydrogen-bond acceptors (Lipinski definition) is 3. The maximum atomic E-state index is 14.5. The Morgan fingerprint density at radius 2 is 1.80 bits per heavy atom. The summed E-state index contributed by atoms with van der Waals surface area (Å²) in [5.41, 5.74) is 1.78. The summed E-state index contributed by atoms with van der Waals surface area (Å²) in [5.74, 6) is -0.914. The summed E-state index contributed by atoms with van der Waals surface area (Å²) in [6, 6.07) is 13.6. The van der Waals surface area contributed by atoms with Gasteiger partial charge >= 0.3 is 0 Å². The van der Waals surface area contributed by atoms with Crippen LogP contribution >= 0.6 is 11.8 Å². The Bertz CT molecular complexity index is 1020. The molecule has 0 aliphatic carbocycles. The molecule has 0 saturated carbocycles. The molecule has 1 aromatic heterocycles. The third-order valence-corrected chi connectivity index (χ3v) is 6.40. The van der Waals surface area contributed by atoms with E-state index in [2.05, 4.69) is 11.9 Å². The van der Waals surface area contributed by atoms with Crippen molar-refractivity contribution in [3.8, 4) is 11.3 Å². The normalized spacial score (nSPS) is 16.4. The predicted octanol–water partition coefficient (Wildman–Crippen LogP) is 5.80. The fourth-order valence-corrected chi connectivity index (χ4v) is 4.93. The zero-order chi connectivity index (χ0) is 21.1. The lowest BCUT2D eigenvalue weighted by Crippen LogP contribution is -2.31. The van der Waals surface area contributed by atoms with Crippen LogP contribution < -0.4 is 4.90 Å². The second-order valence-electron chi connectivity index (χ2n) is 7.23. The molecular formula is C23H23F2N3OS. The minimum atomic E-state index is -0.783. The fraction of sp³-hybridized carbons (Fsp3) is 0.304. The van der Waals surface area contributed by atoms with Gasteiger partial charge in [-0.1, -0.05) is 56.2 Å². The van der Waals surface area contributed by atoms with Crippen molar-refractivity contribution in [1.29, 1.82) is 0 Å². The smallest absolute Gasteiger partial charge is 0.240 e. The summed E-state index contributed by atoms with van der Waals surface area (Å²) in [6.07, 6.45) is 4.77. The Balaban J connectivity index is 1.79. The van der Waals surface area contributed by atoms with Gasteiger partial charge < -0.3 is 4.57 Å². The van der Waals surface area contributed by atoms with Crippen LogP contribution in [0.15, 0.2) is 54.7 Å². The second-order valence-corrected chi connectivity index (χ2v) is 8.30. The lowest BCUT2D eigenvalue weighted by Gasteiger charge is -2.25. The highest BCUT2D eigenvalue weighted by Crippen LogP contribution is 2.44. The quantitative estimate of drug-likeness (QED) is 0.448. The molecule has 2 aromatic carbocycles. The molecule has 1 fully saturated rings. The number of amides is 1. The van der Waals surface area contributed by atoms with Crippen molar-refractivity contribution in [2.45, 2.75) is 38.1 Å². The number of anilines is 1. The number of hydrogen-bond donors (Lipinski definition) is 0. The monoisotopic (exact) mass is 427 g/mol. The SMILES string of the molecule is CCCCCn1c(-c2ccccc2)cnc1N1C(=O)CSC1c1c(F)cccc1F. The number of imidazole rings is 1. The molecule has 1 aliphatic rings. The Hall–Kier alpha value is -2.67. The molecule has 156 valence electrons. The molecule has 0 radical (unpaired) electrons. The van der Waals surface area contributed by atoms with Gasteiger partial charge in [-0.25, -0.2) is 13.8 Å². The molecule has 1 saturated heterocycles. The molecule has 3 aromatic rings. The van der Waals surface area contributed by atoms with Crippen molar-refractivity contribution in [3.63, 3.8) is 0 Å². The molecule has 0 spiro atoms. The highest BCUT2D eigenvalue weighted by atomic mass is 32.2. The summed E-state index contributed by atoms with van der Waals surface area (Å²) < 4.78 is 31.0. The Labute approximate surface area is 178 Å². The number of benzene rings is 2. The number of nitrogens with zero attached hydrogens (tertiary/aromatic N) is 3. The number of rotatable bonds is 7. The first-order chi connectivity index (χ1) is 14.6. The highest BCUT2D eigenvalue weighted by Gasteiger charge is 2.39. The first-order valence-electron chi connectivity index (χ1n) is 10.1. The number of thioether (sulfide) groups is 1. The van der Waals surface area contributed by atoms with E-state index in [4.69, 9.17) is 0 Å². The maximum Gasteiger partial charge on any atom is 0.240 e. The molecule has 2 heterocycles. The molecule has 1 aliphatic heterocycles. The average Bonchev–Trinajstić information content (AvgIpc) is 3.32. The van der Waals surface area contributed by atoms with Crippen molar-refractivity contribution in [2.75, 3.05) is 10.7 Å². The number of aromatic nitrogens is 2. The molecule has 1 amide bonds. The molecule has 30 heavy (non-hydrogen) atoms. The number of halogens is 2. The van der Waals surface area contributed by atoms with Crippen molar-refractivity contribution in [1.82, 2.24) is 9.55 Å². The van der Waals surface area contributed by atoms with Crippen LogP contribution in [-0.4, -0.2) is 21.2 Å². The minimum absolute atomic E-state index is 0.0993. The van der Waals surface area contributed by atoms with Crippen molar-refractivity contribution in [3.05, 3.63) is 71.9 Å². The fourth-order valence-electron chi connectivity index (χ4n) is 3.74. The van der Waals surface area contributed by atoms with Gasteiger partial charge in [0.1, 0.15) is 17.0 Å². The van der Waals surface area contributed by atoms with Crippen LogP contribution in [0.4, 0.5) is 14.7 Å². The van der Waals surface area contributed by atoms with Crippen LogP contribution in [0, 0.1) is 11.6 Å². The van der Waals surface area contributed by atoms with E-state index in [1.54, 1.807) is 6.20 Å². The van der Waals surface area contributed by atoms with Gasteiger partial charge in [0.25, 0.3) is 0 Å². The lowest BCUT2D eigenvalue weighted by molar-refractivity contribution is -0.116. The largest absolute Gasteiger partial charge is 0.310 e. The van der Waals surface area contributed by atoms with Gasteiger partial charge in [0.2, 0.25) is 11.9 Å². The van der Waals surface area contributed by atoms with Crippen LogP contribution in [0.25, 0.3) is 11.3 Å². The molecule has 4 rings (SSSR count). The summed E-state index contributed by atoms with van der Waals surface area (Å²) in [6.45, 7) is 2.80. The summed E-state index contributed by atoms with van der Waals surface area (Å²) in [5, 5.41) is -0.783. The molecule has 1 atom stereocenters. The summed E-state index contributed by atoms with van der Waals surface area (Å²) >= 11 is 1.22. The van der Waals surface area contributed by atoms with Crippen LogP contribution in [0.1, 0.15) is 37.1 Å². The Kier molecular flexibility index (Phi) is 6.18. The Morgan fingerprint density at radius 3 is 2.50 bits per heavy atom.